The summed E-state index contributed by atoms with van der Waals surface area (Å²) in [6.07, 6.45) is 1.05. The van der Waals surface area contributed by atoms with Crippen LogP contribution in [0.4, 0.5) is 0 Å². The van der Waals surface area contributed by atoms with Crippen molar-refractivity contribution >= 4 is 17.7 Å². The summed E-state index contributed by atoms with van der Waals surface area (Å²) in [7, 11) is 0. The number of nitrogens with zero attached hydrogens (tertiary/aromatic N) is 3. The number of fused-ring (bicyclic) bond motifs is 1. The lowest BCUT2D eigenvalue weighted by Crippen LogP contribution is -2.50. The lowest BCUT2D eigenvalue weighted by molar-refractivity contribution is -0.0502. The van der Waals surface area contributed by atoms with Crippen LogP contribution in [-0.4, -0.2) is 89.4 Å². The number of morpholine rings is 1. The number of hydrogen-bond donors (Lipinski definition) is 2. The number of aliphatic hydroxyl groups is 1. The molecule has 4 rings (SSSR count). The topological polar surface area (TPSA) is 60.3 Å². The zero-order chi connectivity index (χ0) is 19.4. The molecule has 0 amide bonds. The van der Waals surface area contributed by atoms with Gasteiger partial charge in [0.2, 0.25) is 0 Å². The Labute approximate surface area is 172 Å². The molecule has 0 radical (unpaired) electrons. The molecule has 0 aliphatic carbocycles. The van der Waals surface area contributed by atoms with E-state index in [-0.39, 0.29) is 6.10 Å². The van der Waals surface area contributed by atoms with Gasteiger partial charge in [-0.25, -0.2) is 0 Å². The number of benzene rings is 1. The molecule has 0 spiro atoms. The summed E-state index contributed by atoms with van der Waals surface area (Å²) in [6.45, 7) is 7.88. The first kappa shape index (κ1) is 20.0. The Balaban J connectivity index is 1.43. The molecule has 0 bridgehead atoms. The maximum absolute atomic E-state index is 10.7. The maximum atomic E-state index is 10.7. The van der Waals surface area contributed by atoms with Crippen molar-refractivity contribution in [1.82, 2.24) is 15.1 Å². The molecule has 28 heavy (non-hydrogen) atoms. The zero-order valence-electron chi connectivity index (χ0n) is 16.7. The van der Waals surface area contributed by atoms with Gasteiger partial charge >= 0.3 is 0 Å². The number of likely N-dealkylation sites (tertiary alicyclic amines) is 1. The van der Waals surface area contributed by atoms with Gasteiger partial charge in [-0.2, -0.15) is 11.8 Å². The average molecular weight is 405 g/mol. The van der Waals surface area contributed by atoms with Crippen LogP contribution in [0.15, 0.2) is 35.3 Å². The molecule has 154 valence electrons. The number of hydrogen-bond acceptors (Lipinski definition) is 5. The van der Waals surface area contributed by atoms with E-state index < -0.39 is 5.60 Å². The van der Waals surface area contributed by atoms with E-state index in [0.29, 0.717) is 12.6 Å². The van der Waals surface area contributed by atoms with Crippen molar-refractivity contribution in [3.05, 3.63) is 35.9 Å². The standard InChI is InChI=1S/C21H32N4O2S/c1-2-22-20(23-15-21(26)8-11-28-16-21)25-13-18-19(14-25)27-10-9-24(18)12-17-6-4-3-5-7-17/h3-7,18-19,26H,2,8-16H2,1H3,(H,22,23). The molecule has 6 nitrogen and oxygen atoms in total. The first-order chi connectivity index (χ1) is 13.7. The van der Waals surface area contributed by atoms with E-state index in [4.69, 9.17) is 9.73 Å². The van der Waals surface area contributed by atoms with Gasteiger partial charge in [-0.1, -0.05) is 30.3 Å². The predicted molar refractivity (Wildman–Crippen MR) is 115 cm³/mol. The van der Waals surface area contributed by atoms with Crippen molar-refractivity contribution in [2.45, 2.75) is 37.6 Å². The first-order valence-corrected chi connectivity index (χ1v) is 11.6. The van der Waals surface area contributed by atoms with Crippen LogP contribution in [0.5, 0.6) is 0 Å². The molecule has 3 atom stereocenters. The molecular weight excluding hydrogens is 372 g/mol. The van der Waals surface area contributed by atoms with Crippen molar-refractivity contribution in [2.75, 3.05) is 50.8 Å². The highest BCUT2D eigenvalue weighted by Gasteiger charge is 2.41. The van der Waals surface area contributed by atoms with Gasteiger partial charge in [0.15, 0.2) is 5.96 Å². The van der Waals surface area contributed by atoms with Gasteiger partial charge in [0.1, 0.15) is 0 Å². The van der Waals surface area contributed by atoms with Crippen LogP contribution in [0.25, 0.3) is 0 Å². The quantitative estimate of drug-likeness (QED) is 0.572. The summed E-state index contributed by atoms with van der Waals surface area (Å²) >= 11 is 1.82. The number of guanidine groups is 1. The molecule has 3 unspecified atom stereocenters. The normalized spacial score (nSPS) is 31.2. The van der Waals surface area contributed by atoms with Gasteiger partial charge in [-0.3, -0.25) is 9.89 Å². The minimum absolute atomic E-state index is 0.214. The lowest BCUT2D eigenvalue weighted by Gasteiger charge is -2.36. The lowest BCUT2D eigenvalue weighted by atomic mass is 10.1. The number of aliphatic imine (C=N–C) groups is 1. The second kappa shape index (κ2) is 9.03. The molecule has 0 aromatic heterocycles. The Bertz CT molecular complexity index is 666. The van der Waals surface area contributed by atoms with Gasteiger partial charge in [0, 0.05) is 38.5 Å². The Kier molecular flexibility index (Phi) is 6.45. The van der Waals surface area contributed by atoms with E-state index >= 15 is 0 Å². The van der Waals surface area contributed by atoms with Crippen LogP contribution < -0.4 is 5.32 Å². The molecule has 2 N–H and O–H groups in total. The number of rotatable bonds is 5. The van der Waals surface area contributed by atoms with Gasteiger partial charge in [-0.05, 0) is 24.7 Å². The van der Waals surface area contributed by atoms with Gasteiger partial charge in [-0.15, -0.1) is 0 Å². The second-order valence-corrected chi connectivity index (χ2v) is 9.14. The molecule has 1 aromatic rings. The van der Waals surface area contributed by atoms with Crippen molar-refractivity contribution in [3.8, 4) is 0 Å². The smallest absolute Gasteiger partial charge is 0.194 e. The molecule has 7 heteroatoms. The molecule has 3 aliphatic heterocycles. The highest BCUT2D eigenvalue weighted by atomic mass is 32.2. The summed E-state index contributed by atoms with van der Waals surface area (Å²) in [4.78, 5) is 9.67. The third kappa shape index (κ3) is 4.64. The Morgan fingerprint density at radius 2 is 2.21 bits per heavy atom. The highest BCUT2D eigenvalue weighted by Crippen LogP contribution is 2.28. The minimum Gasteiger partial charge on any atom is -0.387 e. The summed E-state index contributed by atoms with van der Waals surface area (Å²) < 4.78 is 6.11. The van der Waals surface area contributed by atoms with Crippen molar-refractivity contribution < 1.29 is 9.84 Å². The number of nitrogens with one attached hydrogen (secondary N) is 1. The Morgan fingerprint density at radius 1 is 1.36 bits per heavy atom. The van der Waals surface area contributed by atoms with Crippen LogP contribution in [0.3, 0.4) is 0 Å². The largest absolute Gasteiger partial charge is 0.387 e. The minimum atomic E-state index is -0.645. The monoisotopic (exact) mass is 404 g/mol. The summed E-state index contributed by atoms with van der Waals surface area (Å²) in [5.41, 5.74) is 0.705. The molecule has 3 heterocycles. The molecule has 0 saturated carbocycles. The van der Waals surface area contributed by atoms with Crippen LogP contribution in [0, 0.1) is 0 Å². The second-order valence-electron chi connectivity index (χ2n) is 8.03. The van der Waals surface area contributed by atoms with E-state index in [1.54, 1.807) is 0 Å². The fourth-order valence-electron chi connectivity index (χ4n) is 4.31. The van der Waals surface area contributed by atoms with Gasteiger partial charge in [0.25, 0.3) is 0 Å². The van der Waals surface area contributed by atoms with E-state index in [0.717, 1.165) is 63.2 Å². The fraction of sp³-hybridized carbons (Fsp3) is 0.667. The Morgan fingerprint density at radius 3 is 2.96 bits per heavy atom. The fourth-order valence-corrected chi connectivity index (χ4v) is 5.60. The predicted octanol–water partition coefficient (Wildman–Crippen LogP) is 1.41. The van der Waals surface area contributed by atoms with Crippen LogP contribution >= 0.6 is 11.8 Å². The SMILES string of the molecule is CCNC(=NCC1(O)CCSC1)N1CC2OCCN(Cc3ccccc3)C2C1. The highest BCUT2D eigenvalue weighted by molar-refractivity contribution is 7.99. The van der Waals surface area contributed by atoms with Gasteiger partial charge in [0.05, 0.1) is 30.9 Å². The maximum Gasteiger partial charge on any atom is 0.194 e. The summed E-state index contributed by atoms with van der Waals surface area (Å²) in [6, 6.07) is 11.1. The molecule has 1 aromatic carbocycles. The van der Waals surface area contributed by atoms with Crippen molar-refractivity contribution in [1.29, 1.82) is 0 Å². The van der Waals surface area contributed by atoms with Crippen LogP contribution in [0.1, 0.15) is 18.9 Å². The summed E-state index contributed by atoms with van der Waals surface area (Å²) in [5.74, 6) is 2.72. The number of thioether (sulfide) groups is 1. The average Bonchev–Trinajstić information content (AvgIpc) is 3.33. The van der Waals surface area contributed by atoms with E-state index in [1.165, 1.54) is 5.56 Å². The zero-order valence-corrected chi connectivity index (χ0v) is 17.5. The van der Waals surface area contributed by atoms with Crippen LogP contribution in [-0.2, 0) is 11.3 Å². The van der Waals surface area contributed by atoms with E-state index in [2.05, 4.69) is 52.4 Å². The van der Waals surface area contributed by atoms with Crippen molar-refractivity contribution in [3.63, 3.8) is 0 Å². The molecule has 3 aliphatic rings. The van der Waals surface area contributed by atoms with E-state index in [1.807, 2.05) is 11.8 Å². The van der Waals surface area contributed by atoms with Crippen molar-refractivity contribution in [2.24, 2.45) is 4.99 Å². The van der Waals surface area contributed by atoms with Gasteiger partial charge < -0.3 is 20.1 Å². The molecular formula is C21H32N4O2S. The first-order valence-electron chi connectivity index (χ1n) is 10.4. The Hall–Kier alpha value is -1.28. The molecule has 3 saturated heterocycles. The van der Waals surface area contributed by atoms with Crippen LogP contribution in [0.2, 0.25) is 0 Å². The van der Waals surface area contributed by atoms with E-state index in [9.17, 15) is 5.11 Å². The third-order valence-corrected chi connectivity index (χ3v) is 7.12. The third-order valence-electron chi connectivity index (χ3n) is 5.88. The molecule has 3 fully saturated rings. The number of ether oxygens (including phenoxy) is 1. The summed E-state index contributed by atoms with van der Waals surface area (Å²) in [5, 5.41) is 14.1.